The van der Waals surface area contributed by atoms with Crippen LogP contribution in [-0.4, -0.2) is 37.8 Å². The smallest absolute Gasteiger partial charge is 0.414 e. The molecule has 6 heteroatoms. The van der Waals surface area contributed by atoms with E-state index >= 15 is 0 Å². The van der Waals surface area contributed by atoms with Gasteiger partial charge in [0.2, 0.25) is 0 Å². The van der Waals surface area contributed by atoms with Crippen LogP contribution in [-0.2, 0) is 9.53 Å². The molecular formula is C21H20N2O4. The standard InChI is InChI=1S/C21H20N2O4/c1-16(27-19-7-3-2-4-8-19)20(24)22-13-5-6-17-9-11-18(12-10-17)23-14-15-26-21(23)25/h2-4,7-12,16H,13-15H2,1H3,(H,22,24). The third-order valence-electron chi connectivity index (χ3n) is 3.95. The van der Waals surface area contributed by atoms with Gasteiger partial charge in [-0.3, -0.25) is 9.69 Å². The number of benzene rings is 2. The molecule has 3 rings (SSSR count). The lowest BCUT2D eigenvalue weighted by molar-refractivity contribution is -0.126. The summed E-state index contributed by atoms with van der Waals surface area (Å²) in [5, 5.41) is 2.73. The normalized spacial score (nSPS) is 14.0. The van der Waals surface area contributed by atoms with Gasteiger partial charge in [0, 0.05) is 11.3 Å². The van der Waals surface area contributed by atoms with Crippen molar-refractivity contribution in [2.45, 2.75) is 13.0 Å². The first-order valence-corrected chi connectivity index (χ1v) is 8.66. The van der Waals surface area contributed by atoms with Gasteiger partial charge in [-0.05, 0) is 43.3 Å². The number of amides is 2. The minimum absolute atomic E-state index is 0.224. The molecule has 2 aromatic rings. The fraction of sp³-hybridized carbons (Fsp3) is 0.238. The van der Waals surface area contributed by atoms with Crippen molar-refractivity contribution in [3.63, 3.8) is 0 Å². The molecule has 1 unspecified atom stereocenters. The van der Waals surface area contributed by atoms with Crippen molar-refractivity contribution in [3.05, 3.63) is 60.2 Å². The summed E-state index contributed by atoms with van der Waals surface area (Å²) in [4.78, 5) is 25.1. The van der Waals surface area contributed by atoms with Crippen LogP contribution in [0.1, 0.15) is 12.5 Å². The molecule has 27 heavy (non-hydrogen) atoms. The number of rotatable bonds is 5. The number of carbonyl (C=O) groups excluding carboxylic acids is 2. The number of para-hydroxylation sites is 1. The zero-order chi connectivity index (χ0) is 19.1. The van der Waals surface area contributed by atoms with E-state index in [0.717, 1.165) is 11.3 Å². The van der Waals surface area contributed by atoms with Gasteiger partial charge in [0.25, 0.3) is 5.91 Å². The molecule has 1 N–H and O–H groups in total. The highest BCUT2D eigenvalue weighted by atomic mass is 16.6. The molecule has 0 aliphatic carbocycles. The Hall–Kier alpha value is -3.46. The average molecular weight is 364 g/mol. The number of hydrogen-bond donors (Lipinski definition) is 1. The first-order valence-electron chi connectivity index (χ1n) is 8.66. The van der Waals surface area contributed by atoms with Crippen molar-refractivity contribution in [2.24, 2.45) is 0 Å². The Morgan fingerprint density at radius 2 is 1.96 bits per heavy atom. The van der Waals surface area contributed by atoms with Crippen molar-refractivity contribution >= 4 is 17.7 Å². The van der Waals surface area contributed by atoms with Crippen molar-refractivity contribution in [1.82, 2.24) is 5.32 Å². The summed E-state index contributed by atoms with van der Waals surface area (Å²) >= 11 is 0. The Balaban J connectivity index is 1.47. The highest BCUT2D eigenvalue weighted by Gasteiger charge is 2.23. The fourth-order valence-corrected chi connectivity index (χ4v) is 2.53. The molecule has 0 spiro atoms. The van der Waals surface area contributed by atoms with Crippen LogP contribution < -0.4 is 15.0 Å². The van der Waals surface area contributed by atoms with Crippen LogP contribution in [0.15, 0.2) is 54.6 Å². The van der Waals surface area contributed by atoms with Gasteiger partial charge < -0.3 is 14.8 Å². The molecule has 1 fully saturated rings. The number of carbonyl (C=O) groups is 2. The SMILES string of the molecule is CC(Oc1ccccc1)C(=O)NCC#Cc1ccc(N2CCOC2=O)cc1. The molecule has 0 aromatic heterocycles. The lowest BCUT2D eigenvalue weighted by atomic mass is 10.2. The summed E-state index contributed by atoms with van der Waals surface area (Å²) in [6.07, 6.45) is -0.933. The molecule has 1 heterocycles. The van der Waals surface area contributed by atoms with Gasteiger partial charge in [0.15, 0.2) is 6.10 Å². The minimum Gasteiger partial charge on any atom is -0.481 e. The summed E-state index contributed by atoms with van der Waals surface area (Å²) in [7, 11) is 0. The minimum atomic E-state index is -0.603. The number of cyclic esters (lactones) is 1. The van der Waals surface area contributed by atoms with Gasteiger partial charge in [-0.1, -0.05) is 30.0 Å². The largest absolute Gasteiger partial charge is 0.481 e. The fourth-order valence-electron chi connectivity index (χ4n) is 2.53. The third kappa shape index (κ3) is 5.02. The summed E-state index contributed by atoms with van der Waals surface area (Å²) < 4.78 is 10.5. The quantitative estimate of drug-likeness (QED) is 0.828. The van der Waals surface area contributed by atoms with Crippen molar-refractivity contribution in [3.8, 4) is 17.6 Å². The Morgan fingerprint density at radius 3 is 2.63 bits per heavy atom. The van der Waals surface area contributed by atoms with Gasteiger partial charge in [0.05, 0.1) is 13.1 Å². The van der Waals surface area contributed by atoms with Crippen LogP contribution in [0.3, 0.4) is 0 Å². The zero-order valence-electron chi connectivity index (χ0n) is 15.0. The molecule has 1 atom stereocenters. The maximum Gasteiger partial charge on any atom is 0.414 e. The predicted octanol–water partition coefficient (Wildman–Crippen LogP) is 2.58. The Labute approximate surface area is 158 Å². The number of nitrogens with one attached hydrogen (secondary N) is 1. The molecule has 1 saturated heterocycles. The molecule has 0 radical (unpaired) electrons. The molecule has 0 bridgehead atoms. The second kappa shape index (κ2) is 8.77. The van der Waals surface area contributed by atoms with Crippen molar-refractivity contribution in [2.75, 3.05) is 24.6 Å². The first-order chi connectivity index (χ1) is 13.1. The van der Waals surface area contributed by atoms with Crippen LogP contribution in [0.5, 0.6) is 5.75 Å². The summed E-state index contributed by atoms with van der Waals surface area (Å²) in [5.41, 5.74) is 1.58. The number of nitrogens with zero attached hydrogens (tertiary/aromatic N) is 1. The zero-order valence-corrected chi connectivity index (χ0v) is 15.0. The van der Waals surface area contributed by atoms with E-state index in [4.69, 9.17) is 9.47 Å². The van der Waals surface area contributed by atoms with E-state index < -0.39 is 6.10 Å². The van der Waals surface area contributed by atoms with E-state index in [-0.39, 0.29) is 18.5 Å². The molecule has 2 aromatic carbocycles. The Morgan fingerprint density at radius 1 is 1.22 bits per heavy atom. The second-order valence-corrected chi connectivity index (χ2v) is 5.91. The summed E-state index contributed by atoms with van der Waals surface area (Å²) in [6, 6.07) is 16.5. The van der Waals surface area contributed by atoms with Gasteiger partial charge in [0.1, 0.15) is 12.4 Å². The van der Waals surface area contributed by atoms with E-state index in [1.807, 2.05) is 42.5 Å². The molecule has 6 nitrogen and oxygen atoms in total. The van der Waals surface area contributed by atoms with E-state index in [2.05, 4.69) is 17.2 Å². The molecule has 2 amide bonds. The van der Waals surface area contributed by atoms with Crippen LogP contribution >= 0.6 is 0 Å². The lowest BCUT2D eigenvalue weighted by Gasteiger charge is -2.13. The van der Waals surface area contributed by atoms with Crippen molar-refractivity contribution in [1.29, 1.82) is 0 Å². The average Bonchev–Trinajstić information content (AvgIpc) is 3.12. The van der Waals surface area contributed by atoms with E-state index in [1.165, 1.54) is 0 Å². The molecular weight excluding hydrogens is 344 g/mol. The Bertz CT molecular complexity index is 853. The molecule has 1 aliphatic heterocycles. The molecule has 138 valence electrons. The molecule has 1 aliphatic rings. The maximum atomic E-state index is 12.0. The highest BCUT2D eigenvalue weighted by molar-refractivity contribution is 5.89. The lowest BCUT2D eigenvalue weighted by Crippen LogP contribution is -2.36. The third-order valence-corrected chi connectivity index (χ3v) is 3.95. The van der Waals surface area contributed by atoms with E-state index in [0.29, 0.717) is 18.9 Å². The van der Waals surface area contributed by atoms with Crippen molar-refractivity contribution < 1.29 is 19.1 Å². The van der Waals surface area contributed by atoms with Gasteiger partial charge >= 0.3 is 6.09 Å². The monoisotopic (exact) mass is 364 g/mol. The second-order valence-electron chi connectivity index (χ2n) is 5.91. The number of hydrogen-bond acceptors (Lipinski definition) is 4. The van der Waals surface area contributed by atoms with Crippen LogP contribution in [0.2, 0.25) is 0 Å². The van der Waals surface area contributed by atoms with Crippen LogP contribution in [0.4, 0.5) is 10.5 Å². The van der Waals surface area contributed by atoms with E-state index in [9.17, 15) is 9.59 Å². The number of anilines is 1. The summed E-state index contributed by atoms with van der Waals surface area (Å²) in [5.74, 6) is 6.30. The van der Waals surface area contributed by atoms with Gasteiger partial charge in [-0.25, -0.2) is 4.79 Å². The van der Waals surface area contributed by atoms with Gasteiger partial charge in [-0.2, -0.15) is 0 Å². The van der Waals surface area contributed by atoms with Gasteiger partial charge in [-0.15, -0.1) is 0 Å². The highest BCUT2D eigenvalue weighted by Crippen LogP contribution is 2.18. The van der Waals surface area contributed by atoms with E-state index in [1.54, 1.807) is 24.0 Å². The molecule has 0 saturated carbocycles. The van der Waals surface area contributed by atoms with Crippen LogP contribution in [0.25, 0.3) is 0 Å². The van der Waals surface area contributed by atoms with Crippen LogP contribution in [0, 0.1) is 11.8 Å². The predicted molar refractivity (Wildman–Crippen MR) is 102 cm³/mol. The maximum absolute atomic E-state index is 12.0. The summed E-state index contributed by atoms with van der Waals surface area (Å²) in [6.45, 7) is 2.88. The topological polar surface area (TPSA) is 67.9 Å². The number of ether oxygens (including phenoxy) is 2. The Kier molecular flexibility index (Phi) is 5.95. The first kappa shape index (κ1) is 18.3.